The highest BCUT2D eigenvalue weighted by Crippen LogP contribution is 2.41. The van der Waals surface area contributed by atoms with Crippen LogP contribution in [-0.2, 0) is 42.1 Å². The van der Waals surface area contributed by atoms with Crippen molar-refractivity contribution in [3.05, 3.63) is 177 Å². The lowest BCUT2D eigenvalue weighted by molar-refractivity contribution is -0.142. The molecule has 0 saturated heterocycles. The molecule has 2 aliphatic heterocycles. The predicted molar refractivity (Wildman–Crippen MR) is 223 cm³/mol. The van der Waals surface area contributed by atoms with Crippen molar-refractivity contribution in [1.29, 1.82) is 5.26 Å². The summed E-state index contributed by atoms with van der Waals surface area (Å²) in [4.78, 5) is 33.2. The summed E-state index contributed by atoms with van der Waals surface area (Å²) < 4.78 is 18.7. The molecule has 2 N–H and O–H groups in total. The molecule has 296 valence electrons. The van der Waals surface area contributed by atoms with Crippen molar-refractivity contribution in [2.45, 2.75) is 50.7 Å². The number of pyridine rings is 1. The number of carboxylic acid groups (broad SMARTS) is 1. The van der Waals surface area contributed by atoms with Crippen LogP contribution < -0.4 is 19.5 Å². The second-order valence-electron chi connectivity index (χ2n) is 14.5. The van der Waals surface area contributed by atoms with E-state index in [9.17, 15) is 14.7 Å². The van der Waals surface area contributed by atoms with Gasteiger partial charge in [0, 0.05) is 25.7 Å². The van der Waals surface area contributed by atoms with Gasteiger partial charge in [-0.2, -0.15) is 5.26 Å². The van der Waals surface area contributed by atoms with Crippen LogP contribution in [-0.4, -0.2) is 45.6 Å². The first-order valence-corrected chi connectivity index (χ1v) is 19.8. The quantitative estimate of drug-likeness (QED) is 0.124. The Hall–Kier alpha value is -6.38. The third kappa shape index (κ3) is 9.35. The molecule has 10 nitrogen and oxygen atoms in total. The van der Waals surface area contributed by atoms with Crippen molar-refractivity contribution in [2.75, 3.05) is 6.61 Å². The molecule has 8 rings (SSSR count). The van der Waals surface area contributed by atoms with Crippen LogP contribution in [0.2, 0.25) is 10.0 Å². The van der Waals surface area contributed by atoms with E-state index in [1.54, 1.807) is 30.5 Å². The number of hydrogen-bond acceptors (Lipinski definition) is 8. The van der Waals surface area contributed by atoms with Gasteiger partial charge in [-0.1, -0.05) is 83.9 Å². The number of nitrogens with one attached hydrogen (secondary N) is 1. The van der Waals surface area contributed by atoms with Gasteiger partial charge < -0.3 is 24.6 Å². The third-order valence-electron chi connectivity index (χ3n) is 10.5. The van der Waals surface area contributed by atoms with E-state index in [0.29, 0.717) is 65.6 Å². The summed E-state index contributed by atoms with van der Waals surface area (Å²) in [6, 6.07) is 37.8. The molecule has 6 aromatic rings. The number of ether oxygens (including phenoxy) is 3. The van der Waals surface area contributed by atoms with Gasteiger partial charge in [0.05, 0.1) is 33.4 Å². The molecule has 2 aliphatic rings. The van der Waals surface area contributed by atoms with Crippen molar-refractivity contribution >= 4 is 35.1 Å². The van der Waals surface area contributed by atoms with Crippen molar-refractivity contribution in [1.82, 2.24) is 15.2 Å². The highest BCUT2D eigenvalue weighted by molar-refractivity contribution is 6.42. The van der Waals surface area contributed by atoms with E-state index in [4.69, 9.17) is 42.7 Å². The fraction of sp³-hybridized carbons (Fsp3) is 0.191. The number of halogens is 2. The number of amides is 1. The average Bonchev–Trinajstić information content (AvgIpc) is 3.26. The van der Waals surface area contributed by atoms with Crippen molar-refractivity contribution in [3.63, 3.8) is 0 Å². The normalized spacial score (nSPS) is 16.3. The van der Waals surface area contributed by atoms with E-state index >= 15 is 0 Å². The number of hydrogen-bond donors (Lipinski definition) is 2. The van der Waals surface area contributed by atoms with E-state index in [0.717, 1.165) is 44.6 Å². The van der Waals surface area contributed by atoms with Crippen LogP contribution >= 0.6 is 23.2 Å². The molecule has 12 heteroatoms. The summed E-state index contributed by atoms with van der Waals surface area (Å²) in [5.74, 6) is 0.389. The molecule has 5 aromatic carbocycles. The number of nitrogens with zero attached hydrogens (tertiary/aromatic N) is 3. The van der Waals surface area contributed by atoms with Gasteiger partial charge in [-0.25, -0.2) is 4.79 Å². The second kappa shape index (κ2) is 17.6. The fourth-order valence-corrected chi connectivity index (χ4v) is 7.66. The first-order chi connectivity index (χ1) is 28.7. The Morgan fingerprint density at radius 2 is 1.61 bits per heavy atom. The van der Waals surface area contributed by atoms with Gasteiger partial charge in [-0.3, -0.25) is 14.7 Å². The molecule has 0 spiro atoms. The highest BCUT2D eigenvalue weighted by atomic mass is 35.5. The number of carbonyl (C=O) groups is 2. The van der Waals surface area contributed by atoms with Gasteiger partial charge in [-0.05, 0) is 106 Å². The monoisotopic (exact) mass is 824 g/mol. The largest absolute Gasteiger partial charge is 0.489 e. The number of benzene rings is 5. The number of carboxylic acids is 1. The van der Waals surface area contributed by atoms with Gasteiger partial charge >= 0.3 is 5.97 Å². The molecule has 0 bridgehead atoms. The van der Waals surface area contributed by atoms with Crippen LogP contribution in [0.4, 0.5) is 0 Å². The van der Waals surface area contributed by atoms with Crippen molar-refractivity contribution in [2.24, 2.45) is 0 Å². The number of carbonyl (C=O) groups excluding carboxylic acids is 1. The minimum absolute atomic E-state index is 0.104. The zero-order valence-corrected chi connectivity index (χ0v) is 33.2. The van der Waals surface area contributed by atoms with Gasteiger partial charge in [-0.15, -0.1) is 0 Å². The Labute approximate surface area is 351 Å². The molecule has 1 amide bonds. The maximum absolute atomic E-state index is 14.1. The SMILES string of the molecule is N#Cc1ccc(-c2ccc(C[C@H](NC(=O)C3Cc4cc5c(cc4CN3Cc3ccccn3)O[C@@H](c3ccc(OCc4ccc(Cl)c(Cl)c4)cc3)CO5)C(=O)O)cc2)cc1. The van der Waals surface area contributed by atoms with E-state index in [1.165, 1.54) is 0 Å². The first kappa shape index (κ1) is 39.4. The molecule has 0 saturated carbocycles. The highest BCUT2D eigenvalue weighted by Gasteiger charge is 2.36. The van der Waals surface area contributed by atoms with Gasteiger partial charge in [0.2, 0.25) is 5.91 Å². The lowest BCUT2D eigenvalue weighted by Crippen LogP contribution is -2.54. The molecular weight excluding hydrogens is 787 g/mol. The minimum atomic E-state index is -1.15. The smallest absolute Gasteiger partial charge is 0.326 e. The molecular formula is C47H38Cl2N4O6. The van der Waals surface area contributed by atoms with E-state index < -0.39 is 18.1 Å². The Bertz CT molecular complexity index is 2510. The van der Waals surface area contributed by atoms with E-state index in [-0.39, 0.29) is 18.4 Å². The first-order valence-electron chi connectivity index (χ1n) is 19.1. The molecule has 0 radical (unpaired) electrons. The summed E-state index contributed by atoms with van der Waals surface area (Å²) >= 11 is 12.2. The summed E-state index contributed by atoms with van der Waals surface area (Å²) in [5, 5.41) is 23.2. The van der Waals surface area contributed by atoms with Crippen LogP contribution in [0.3, 0.4) is 0 Å². The average molecular weight is 826 g/mol. The van der Waals surface area contributed by atoms with Gasteiger partial charge in [0.15, 0.2) is 17.6 Å². The van der Waals surface area contributed by atoms with Crippen LogP contribution in [0.15, 0.2) is 128 Å². The summed E-state index contributed by atoms with van der Waals surface area (Å²) in [6.45, 7) is 1.42. The van der Waals surface area contributed by atoms with Crippen molar-refractivity contribution in [3.8, 4) is 34.4 Å². The minimum Gasteiger partial charge on any atom is -0.489 e. The number of aliphatic carboxylic acids is 1. The standard InChI is InChI=1S/C47H38Cl2N4O6/c48-39-17-8-31(19-40(39)49)27-57-38-15-13-34(14-16-38)45-28-58-43-22-35-21-42(53(25-36(35)23-44(43)59-45)26-37-3-1-2-18-51-37)46(54)52-41(47(55)56)20-29-4-9-32(10-5-29)33-11-6-30(24-50)7-12-33/h1-19,22-23,41-42,45H,20-21,25-28H2,(H,52,54)(H,55,56)/t41-,42?,45+/m0/s1. The van der Waals surface area contributed by atoms with Crippen LogP contribution in [0.5, 0.6) is 17.2 Å². The van der Waals surface area contributed by atoms with Crippen LogP contribution in [0.1, 0.15) is 45.2 Å². The van der Waals surface area contributed by atoms with Crippen LogP contribution in [0.25, 0.3) is 11.1 Å². The Kier molecular flexibility index (Phi) is 11.8. The zero-order chi connectivity index (χ0) is 40.9. The van der Waals surface area contributed by atoms with Crippen molar-refractivity contribution < 1.29 is 28.9 Å². The number of aromatic nitrogens is 1. The lowest BCUT2D eigenvalue weighted by atomic mass is 9.92. The topological polar surface area (TPSA) is 134 Å². The molecule has 1 unspecified atom stereocenters. The summed E-state index contributed by atoms with van der Waals surface area (Å²) in [5.41, 5.74) is 7.74. The molecule has 0 aliphatic carbocycles. The maximum atomic E-state index is 14.1. The zero-order valence-electron chi connectivity index (χ0n) is 31.7. The Morgan fingerprint density at radius 3 is 2.31 bits per heavy atom. The molecule has 3 heterocycles. The fourth-order valence-electron chi connectivity index (χ4n) is 7.34. The maximum Gasteiger partial charge on any atom is 0.326 e. The predicted octanol–water partition coefficient (Wildman–Crippen LogP) is 8.76. The lowest BCUT2D eigenvalue weighted by Gasteiger charge is -2.37. The third-order valence-corrected chi connectivity index (χ3v) is 11.3. The number of rotatable bonds is 12. The van der Waals surface area contributed by atoms with Gasteiger partial charge in [0.1, 0.15) is 25.0 Å². The number of nitriles is 1. The second-order valence-corrected chi connectivity index (χ2v) is 15.3. The number of fused-ring (bicyclic) bond motifs is 2. The Balaban J connectivity index is 0.955. The Morgan fingerprint density at radius 1 is 0.881 bits per heavy atom. The van der Waals surface area contributed by atoms with E-state index in [2.05, 4.69) is 16.4 Å². The molecule has 59 heavy (non-hydrogen) atoms. The molecule has 0 fully saturated rings. The van der Waals surface area contributed by atoms with E-state index in [1.807, 2.05) is 102 Å². The molecule has 3 atom stereocenters. The van der Waals surface area contributed by atoms with Gasteiger partial charge in [0.25, 0.3) is 0 Å². The summed E-state index contributed by atoms with van der Waals surface area (Å²) in [6.07, 6.45) is 1.80. The van der Waals surface area contributed by atoms with Crippen LogP contribution in [0, 0.1) is 11.3 Å². The summed E-state index contributed by atoms with van der Waals surface area (Å²) in [7, 11) is 0. The molecule has 1 aromatic heterocycles.